The highest BCUT2D eigenvalue weighted by atomic mass is 16.1. The third kappa shape index (κ3) is 13.1. The van der Waals surface area contributed by atoms with Crippen LogP contribution in [0, 0.1) is 0 Å². The van der Waals surface area contributed by atoms with Crippen molar-refractivity contribution in [3.8, 4) is 0 Å². The predicted octanol–water partition coefficient (Wildman–Crippen LogP) is 4.79. The normalized spacial score (nSPS) is 10.1. The minimum absolute atomic E-state index is 0.161. The van der Waals surface area contributed by atoms with Gasteiger partial charge in [-0.05, 0) is 25.0 Å². The van der Waals surface area contributed by atoms with E-state index in [1.807, 2.05) is 0 Å². The zero-order valence-corrected chi connectivity index (χ0v) is 12.2. The van der Waals surface area contributed by atoms with Crippen molar-refractivity contribution in [2.45, 2.75) is 70.6 Å². The fourth-order valence-electron chi connectivity index (χ4n) is 2.04. The first-order valence-corrected chi connectivity index (χ1v) is 7.51. The van der Waals surface area contributed by atoms with Crippen LogP contribution in [0.2, 0.25) is 0 Å². The monoisotopic (exact) mass is 264 g/mol. The van der Waals surface area contributed by atoms with Gasteiger partial charge in [0.15, 0.2) is 11.6 Å². The van der Waals surface area contributed by atoms with E-state index in [9.17, 15) is 9.59 Å². The van der Waals surface area contributed by atoms with E-state index in [-0.39, 0.29) is 11.6 Å². The molecule has 0 N–H and O–H groups in total. The largest absolute Gasteiger partial charge is 0.295 e. The van der Waals surface area contributed by atoms with Crippen LogP contribution in [0.4, 0.5) is 0 Å². The summed E-state index contributed by atoms with van der Waals surface area (Å²) in [6.45, 7) is 6.93. The predicted molar refractivity (Wildman–Crippen MR) is 81.2 cm³/mol. The van der Waals surface area contributed by atoms with E-state index in [1.54, 1.807) is 0 Å². The van der Waals surface area contributed by atoms with Crippen molar-refractivity contribution in [1.29, 1.82) is 0 Å². The van der Waals surface area contributed by atoms with E-state index < -0.39 is 0 Å². The second-order valence-corrected chi connectivity index (χ2v) is 5.02. The van der Waals surface area contributed by atoms with Crippen molar-refractivity contribution in [2.75, 3.05) is 0 Å². The van der Waals surface area contributed by atoms with Crippen LogP contribution in [0.3, 0.4) is 0 Å². The molecule has 0 aromatic rings. The molecule has 0 spiro atoms. The highest BCUT2D eigenvalue weighted by molar-refractivity contribution is 5.89. The van der Waals surface area contributed by atoms with Gasteiger partial charge in [0.05, 0.1) is 0 Å². The summed E-state index contributed by atoms with van der Waals surface area (Å²) in [5.41, 5.74) is 0. The van der Waals surface area contributed by atoms with E-state index in [0.717, 1.165) is 25.7 Å². The van der Waals surface area contributed by atoms with E-state index in [4.69, 9.17) is 0 Å². The molecule has 108 valence electrons. The van der Waals surface area contributed by atoms with Gasteiger partial charge in [-0.3, -0.25) is 9.59 Å². The average molecular weight is 264 g/mol. The molecule has 0 saturated carbocycles. The fraction of sp³-hybridized carbons (Fsp3) is 0.647. The van der Waals surface area contributed by atoms with Gasteiger partial charge in [-0.1, -0.05) is 58.1 Å². The van der Waals surface area contributed by atoms with Crippen LogP contribution in [0.1, 0.15) is 70.6 Å². The van der Waals surface area contributed by atoms with Crippen molar-refractivity contribution < 1.29 is 9.59 Å². The summed E-state index contributed by atoms with van der Waals surface area (Å²) in [6, 6.07) is 0. The summed E-state index contributed by atoms with van der Waals surface area (Å²) >= 11 is 0. The third-order valence-electron chi connectivity index (χ3n) is 3.30. The molecule has 0 aliphatic rings. The molecule has 0 saturated heterocycles. The Morgan fingerprint density at radius 2 is 0.842 bits per heavy atom. The van der Waals surface area contributed by atoms with Crippen LogP contribution in [0.15, 0.2) is 25.3 Å². The molecule has 0 aromatic carbocycles. The van der Waals surface area contributed by atoms with Gasteiger partial charge in [0, 0.05) is 12.8 Å². The highest BCUT2D eigenvalue weighted by Crippen LogP contribution is 2.11. The maximum absolute atomic E-state index is 11.0. The first-order valence-electron chi connectivity index (χ1n) is 7.51. The van der Waals surface area contributed by atoms with Crippen LogP contribution in [0.25, 0.3) is 0 Å². The lowest BCUT2D eigenvalue weighted by Gasteiger charge is -2.01. The van der Waals surface area contributed by atoms with Gasteiger partial charge in [-0.25, -0.2) is 0 Å². The molecule has 0 rings (SSSR count). The first-order chi connectivity index (χ1) is 9.20. The SMILES string of the molecule is C=CC(=O)CCCCCCCCCCCC(=O)C=C. The molecule has 2 nitrogen and oxygen atoms in total. The van der Waals surface area contributed by atoms with E-state index in [2.05, 4.69) is 13.2 Å². The maximum atomic E-state index is 11.0. The minimum Gasteiger partial charge on any atom is -0.295 e. The maximum Gasteiger partial charge on any atom is 0.155 e. The van der Waals surface area contributed by atoms with Crippen LogP contribution in [-0.2, 0) is 9.59 Å². The molecule has 0 aliphatic heterocycles. The minimum atomic E-state index is 0.161. The summed E-state index contributed by atoms with van der Waals surface area (Å²) in [6.07, 6.45) is 14.6. The molecule has 0 fully saturated rings. The number of hydrogen-bond acceptors (Lipinski definition) is 2. The van der Waals surface area contributed by atoms with Gasteiger partial charge < -0.3 is 0 Å². The Labute approximate surface area is 118 Å². The Bertz CT molecular complexity index is 251. The zero-order valence-electron chi connectivity index (χ0n) is 12.2. The van der Waals surface area contributed by atoms with Crippen molar-refractivity contribution in [3.63, 3.8) is 0 Å². The van der Waals surface area contributed by atoms with Crippen LogP contribution in [0.5, 0.6) is 0 Å². The molecule has 0 aromatic heterocycles. The Morgan fingerprint density at radius 3 is 1.11 bits per heavy atom. The van der Waals surface area contributed by atoms with Gasteiger partial charge in [-0.15, -0.1) is 0 Å². The van der Waals surface area contributed by atoms with Gasteiger partial charge in [-0.2, -0.15) is 0 Å². The number of unbranched alkanes of at least 4 members (excludes halogenated alkanes) is 8. The molecular weight excluding hydrogens is 236 g/mol. The topological polar surface area (TPSA) is 34.1 Å². The summed E-state index contributed by atoms with van der Waals surface area (Å²) in [7, 11) is 0. The lowest BCUT2D eigenvalue weighted by Crippen LogP contribution is -1.92. The summed E-state index contributed by atoms with van der Waals surface area (Å²) in [5.74, 6) is 0.322. The summed E-state index contributed by atoms with van der Waals surface area (Å²) in [4.78, 5) is 21.9. The molecular formula is C17H28O2. The number of allylic oxidation sites excluding steroid dienone is 2. The number of hydrogen-bond donors (Lipinski definition) is 0. The number of carbonyl (C=O) groups excluding carboxylic acids is 2. The van der Waals surface area contributed by atoms with Gasteiger partial charge in [0.25, 0.3) is 0 Å². The molecule has 0 unspecified atom stereocenters. The van der Waals surface area contributed by atoms with Crippen molar-refractivity contribution >= 4 is 11.6 Å². The lowest BCUT2D eigenvalue weighted by atomic mass is 10.0. The first kappa shape index (κ1) is 17.8. The standard InChI is InChI=1S/C17H28O2/c1-3-16(18)14-12-10-8-6-5-7-9-11-13-15-17(19)4-2/h3-4H,1-2,5-15H2. The second-order valence-electron chi connectivity index (χ2n) is 5.02. The average Bonchev–Trinajstić information content (AvgIpc) is 2.43. The molecule has 0 radical (unpaired) electrons. The Hall–Kier alpha value is -1.18. The summed E-state index contributed by atoms with van der Waals surface area (Å²) in [5, 5.41) is 0. The van der Waals surface area contributed by atoms with E-state index >= 15 is 0 Å². The fourth-order valence-corrected chi connectivity index (χ4v) is 2.04. The highest BCUT2D eigenvalue weighted by Gasteiger charge is 1.97. The molecule has 2 heteroatoms. The second kappa shape index (κ2) is 13.3. The molecule has 0 heterocycles. The van der Waals surface area contributed by atoms with Crippen molar-refractivity contribution in [3.05, 3.63) is 25.3 Å². The third-order valence-corrected chi connectivity index (χ3v) is 3.30. The molecule has 0 atom stereocenters. The molecule has 0 bridgehead atoms. The smallest absolute Gasteiger partial charge is 0.155 e. The Morgan fingerprint density at radius 1 is 0.579 bits per heavy atom. The quantitative estimate of drug-likeness (QED) is 0.334. The molecule has 19 heavy (non-hydrogen) atoms. The van der Waals surface area contributed by atoms with Gasteiger partial charge >= 0.3 is 0 Å². The Balaban J connectivity index is 3.10. The molecule has 0 aliphatic carbocycles. The van der Waals surface area contributed by atoms with Gasteiger partial charge in [0.2, 0.25) is 0 Å². The van der Waals surface area contributed by atoms with Crippen molar-refractivity contribution in [2.24, 2.45) is 0 Å². The lowest BCUT2D eigenvalue weighted by molar-refractivity contribution is -0.115. The van der Waals surface area contributed by atoms with Crippen LogP contribution < -0.4 is 0 Å². The number of ketones is 2. The summed E-state index contributed by atoms with van der Waals surface area (Å²) < 4.78 is 0. The van der Waals surface area contributed by atoms with E-state index in [1.165, 1.54) is 44.3 Å². The van der Waals surface area contributed by atoms with E-state index in [0.29, 0.717) is 12.8 Å². The van der Waals surface area contributed by atoms with Crippen LogP contribution in [-0.4, -0.2) is 11.6 Å². The number of rotatable bonds is 14. The Kier molecular flexibility index (Phi) is 12.4. The van der Waals surface area contributed by atoms with Crippen molar-refractivity contribution in [1.82, 2.24) is 0 Å². The van der Waals surface area contributed by atoms with Gasteiger partial charge in [0.1, 0.15) is 0 Å². The molecule has 0 amide bonds. The number of carbonyl (C=O) groups is 2. The van der Waals surface area contributed by atoms with Crippen LogP contribution >= 0.6 is 0 Å². The zero-order chi connectivity index (χ0) is 14.3.